The molecule has 0 fully saturated rings. The maximum absolute atomic E-state index is 12.1. The summed E-state index contributed by atoms with van der Waals surface area (Å²) in [6.45, 7) is 0. The van der Waals surface area contributed by atoms with Crippen LogP contribution < -0.4 is 9.47 Å². The van der Waals surface area contributed by atoms with Gasteiger partial charge in [-0.1, -0.05) is 6.07 Å². The molecule has 0 saturated carbocycles. The first-order chi connectivity index (χ1) is 9.46. The van der Waals surface area contributed by atoms with E-state index >= 15 is 0 Å². The van der Waals surface area contributed by atoms with Gasteiger partial charge in [0.25, 0.3) is 0 Å². The normalized spacial score (nSPS) is 10.9. The van der Waals surface area contributed by atoms with Gasteiger partial charge < -0.3 is 9.47 Å². The van der Waals surface area contributed by atoms with Crippen LogP contribution in [0.1, 0.15) is 10.4 Å². The number of carbonyl (C=O) groups excluding carboxylic acids is 1. The average molecular weight is 282 g/mol. The second kappa shape index (κ2) is 5.64. The van der Waals surface area contributed by atoms with Crippen LogP contribution in [0.3, 0.4) is 0 Å². The minimum atomic E-state index is -4.75. The minimum absolute atomic E-state index is 0.200. The Bertz CT molecular complexity index is 591. The van der Waals surface area contributed by atoms with Gasteiger partial charge in [-0.15, -0.1) is 13.2 Å². The van der Waals surface area contributed by atoms with E-state index < -0.39 is 6.36 Å². The standard InChI is InChI=1S/C14H9F3O3/c15-14(16,17)20-13-3-1-2-12(8-13)19-11-6-4-10(9-18)5-7-11/h1-9H. The summed E-state index contributed by atoms with van der Waals surface area (Å²) in [5, 5.41) is 0. The molecule has 0 aromatic heterocycles. The number of rotatable bonds is 4. The van der Waals surface area contributed by atoms with Crippen LogP contribution in [-0.2, 0) is 0 Å². The molecule has 0 unspecified atom stereocenters. The Morgan fingerprint density at radius 2 is 1.55 bits per heavy atom. The van der Waals surface area contributed by atoms with Gasteiger partial charge in [0.2, 0.25) is 0 Å². The van der Waals surface area contributed by atoms with Crippen LogP contribution in [0.15, 0.2) is 48.5 Å². The van der Waals surface area contributed by atoms with E-state index in [2.05, 4.69) is 4.74 Å². The zero-order chi connectivity index (χ0) is 14.6. The first-order valence-corrected chi connectivity index (χ1v) is 5.55. The van der Waals surface area contributed by atoms with Crippen molar-refractivity contribution in [2.45, 2.75) is 6.36 Å². The third-order valence-corrected chi connectivity index (χ3v) is 2.29. The third-order valence-electron chi connectivity index (χ3n) is 2.29. The molecule has 0 aliphatic heterocycles. The molecule has 0 aliphatic carbocycles. The highest BCUT2D eigenvalue weighted by molar-refractivity contribution is 5.74. The number of ether oxygens (including phenoxy) is 2. The number of benzene rings is 2. The Balaban J connectivity index is 2.12. The predicted molar refractivity (Wildman–Crippen MR) is 65.0 cm³/mol. The molecule has 0 atom stereocenters. The van der Waals surface area contributed by atoms with E-state index in [1.807, 2.05) is 0 Å². The van der Waals surface area contributed by atoms with E-state index in [1.54, 1.807) is 24.3 Å². The monoisotopic (exact) mass is 282 g/mol. The van der Waals surface area contributed by atoms with Gasteiger partial charge in [-0.3, -0.25) is 4.79 Å². The third kappa shape index (κ3) is 4.01. The molecule has 2 aromatic carbocycles. The van der Waals surface area contributed by atoms with Crippen molar-refractivity contribution in [2.75, 3.05) is 0 Å². The highest BCUT2D eigenvalue weighted by Crippen LogP contribution is 2.28. The second-order valence-electron chi connectivity index (χ2n) is 3.81. The zero-order valence-corrected chi connectivity index (χ0v) is 10.1. The summed E-state index contributed by atoms with van der Waals surface area (Å²) in [6.07, 6.45) is -4.06. The van der Waals surface area contributed by atoms with E-state index in [1.165, 1.54) is 18.2 Å². The van der Waals surface area contributed by atoms with Crippen LogP contribution in [0.25, 0.3) is 0 Å². The molecule has 0 aliphatic rings. The summed E-state index contributed by atoms with van der Waals surface area (Å²) >= 11 is 0. The predicted octanol–water partition coefficient (Wildman–Crippen LogP) is 4.19. The van der Waals surface area contributed by atoms with Gasteiger partial charge >= 0.3 is 6.36 Å². The van der Waals surface area contributed by atoms with Crippen molar-refractivity contribution in [2.24, 2.45) is 0 Å². The molecule has 20 heavy (non-hydrogen) atoms. The van der Waals surface area contributed by atoms with E-state index in [9.17, 15) is 18.0 Å². The zero-order valence-electron chi connectivity index (χ0n) is 10.1. The average Bonchev–Trinajstić information content (AvgIpc) is 2.38. The summed E-state index contributed by atoms with van der Waals surface area (Å²) in [5.74, 6) is 0.241. The maximum Gasteiger partial charge on any atom is 0.573 e. The molecular formula is C14H9F3O3. The van der Waals surface area contributed by atoms with Crippen LogP contribution in [0, 0.1) is 0 Å². The molecule has 0 amide bonds. The van der Waals surface area contributed by atoms with Gasteiger partial charge in [0.1, 0.15) is 23.5 Å². The topological polar surface area (TPSA) is 35.5 Å². The summed E-state index contributed by atoms with van der Waals surface area (Å²) in [6, 6.07) is 11.4. The lowest BCUT2D eigenvalue weighted by Gasteiger charge is -2.10. The van der Waals surface area contributed by atoms with Crippen LogP contribution in [0.5, 0.6) is 17.2 Å². The van der Waals surface area contributed by atoms with Crippen LogP contribution in [0.4, 0.5) is 13.2 Å². The number of hydrogen-bond acceptors (Lipinski definition) is 3. The largest absolute Gasteiger partial charge is 0.573 e. The Morgan fingerprint density at radius 1 is 0.900 bits per heavy atom. The summed E-state index contributed by atoms with van der Waals surface area (Å²) in [7, 11) is 0. The fourth-order valence-electron chi connectivity index (χ4n) is 1.49. The molecular weight excluding hydrogens is 273 g/mol. The van der Waals surface area contributed by atoms with Crippen molar-refractivity contribution in [3.05, 3.63) is 54.1 Å². The van der Waals surface area contributed by atoms with Gasteiger partial charge in [0.15, 0.2) is 0 Å². The summed E-state index contributed by atoms with van der Waals surface area (Å²) in [5.41, 5.74) is 0.478. The first-order valence-electron chi connectivity index (χ1n) is 5.55. The van der Waals surface area contributed by atoms with Crippen molar-refractivity contribution in [3.8, 4) is 17.2 Å². The summed E-state index contributed by atoms with van der Waals surface area (Å²) < 4.78 is 45.4. The smallest absolute Gasteiger partial charge is 0.457 e. The Morgan fingerprint density at radius 3 is 2.15 bits per heavy atom. The molecule has 104 valence electrons. The van der Waals surface area contributed by atoms with Crippen LogP contribution >= 0.6 is 0 Å². The van der Waals surface area contributed by atoms with Crippen LogP contribution in [-0.4, -0.2) is 12.6 Å². The molecule has 0 bridgehead atoms. The van der Waals surface area contributed by atoms with Crippen LogP contribution in [0.2, 0.25) is 0 Å². The molecule has 0 N–H and O–H groups in total. The fourth-order valence-corrected chi connectivity index (χ4v) is 1.49. The number of carbonyl (C=O) groups is 1. The number of aldehydes is 1. The van der Waals surface area contributed by atoms with E-state index in [0.717, 1.165) is 6.07 Å². The number of halogens is 3. The SMILES string of the molecule is O=Cc1ccc(Oc2cccc(OC(F)(F)F)c2)cc1. The maximum atomic E-state index is 12.1. The van der Waals surface area contributed by atoms with Gasteiger partial charge in [0, 0.05) is 11.6 Å². The van der Waals surface area contributed by atoms with Gasteiger partial charge in [-0.25, -0.2) is 0 Å². The molecule has 0 spiro atoms. The quantitative estimate of drug-likeness (QED) is 0.789. The molecule has 2 rings (SSSR count). The number of alkyl halides is 3. The van der Waals surface area contributed by atoms with Crippen molar-refractivity contribution < 1.29 is 27.4 Å². The molecule has 6 heteroatoms. The van der Waals surface area contributed by atoms with E-state index in [-0.39, 0.29) is 11.5 Å². The Hall–Kier alpha value is -2.50. The minimum Gasteiger partial charge on any atom is -0.457 e. The lowest BCUT2D eigenvalue weighted by molar-refractivity contribution is -0.274. The van der Waals surface area contributed by atoms with Gasteiger partial charge in [-0.2, -0.15) is 0 Å². The lowest BCUT2D eigenvalue weighted by atomic mass is 10.2. The molecule has 0 saturated heterocycles. The lowest BCUT2D eigenvalue weighted by Crippen LogP contribution is -2.16. The van der Waals surface area contributed by atoms with Crippen molar-refractivity contribution >= 4 is 6.29 Å². The molecule has 0 radical (unpaired) electrons. The second-order valence-corrected chi connectivity index (χ2v) is 3.81. The van der Waals surface area contributed by atoms with Gasteiger partial charge in [-0.05, 0) is 36.4 Å². The molecule has 0 heterocycles. The molecule has 3 nitrogen and oxygen atoms in total. The van der Waals surface area contributed by atoms with Crippen molar-refractivity contribution in [3.63, 3.8) is 0 Å². The summed E-state index contributed by atoms with van der Waals surface area (Å²) in [4.78, 5) is 10.5. The van der Waals surface area contributed by atoms with Crippen molar-refractivity contribution in [1.82, 2.24) is 0 Å². The Kier molecular flexibility index (Phi) is 3.93. The van der Waals surface area contributed by atoms with Gasteiger partial charge in [0.05, 0.1) is 0 Å². The molecule has 2 aromatic rings. The highest BCUT2D eigenvalue weighted by atomic mass is 19.4. The first kappa shape index (κ1) is 13.9. The van der Waals surface area contributed by atoms with E-state index in [4.69, 9.17) is 4.74 Å². The Labute approximate surface area is 112 Å². The highest BCUT2D eigenvalue weighted by Gasteiger charge is 2.31. The van der Waals surface area contributed by atoms with Crippen molar-refractivity contribution in [1.29, 1.82) is 0 Å². The van der Waals surface area contributed by atoms with E-state index in [0.29, 0.717) is 17.6 Å². The number of hydrogen-bond donors (Lipinski definition) is 0. The fraction of sp³-hybridized carbons (Fsp3) is 0.0714.